The summed E-state index contributed by atoms with van der Waals surface area (Å²) in [5.41, 5.74) is 1.54. The van der Waals surface area contributed by atoms with Gasteiger partial charge in [0.05, 0.1) is 5.25 Å². The minimum Gasteiger partial charge on any atom is -0.491 e. The van der Waals surface area contributed by atoms with Crippen LogP contribution in [0.25, 0.3) is 0 Å². The number of hydrogen-bond acceptors (Lipinski definition) is 8. The van der Waals surface area contributed by atoms with E-state index >= 15 is 0 Å². The van der Waals surface area contributed by atoms with Crippen LogP contribution in [0.5, 0.6) is 5.75 Å². The lowest BCUT2D eigenvalue weighted by Gasteiger charge is -2.22. The molecule has 2 aromatic rings. The Hall–Kier alpha value is -1.58. The first-order chi connectivity index (χ1) is 14.8. The molecule has 2 atom stereocenters. The van der Waals surface area contributed by atoms with E-state index in [2.05, 4.69) is 5.32 Å². The first-order valence-electron chi connectivity index (χ1n) is 9.20. The lowest BCUT2D eigenvalue weighted by Crippen LogP contribution is -2.25. The summed E-state index contributed by atoms with van der Waals surface area (Å²) in [4.78, 5) is 23.0. The van der Waals surface area contributed by atoms with Crippen LogP contribution in [0.15, 0.2) is 48.5 Å². The van der Waals surface area contributed by atoms with E-state index in [1.807, 2.05) is 12.1 Å². The second kappa shape index (κ2) is 12.0. The third kappa shape index (κ3) is 7.22. The monoisotopic (exact) mass is 521 g/mol. The van der Waals surface area contributed by atoms with Crippen molar-refractivity contribution in [1.29, 1.82) is 0 Å². The van der Waals surface area contributed by atoms with Crippen molar-refractivity contribution in [3.05, 3.63) is 64.7 Å². The van der Waals surface area contributed by atoms with E-state index in [-0.39, 0.29) is 30.2 Å². The molecule has 0 saturated carbocycles. The normalized spacial score (nSPS) is 16.9. The number of phosphoric acid groups is 1. The fourth-order valence-corrected chi connectivity index (χ4v) is 4.72. The summed E-state index contributed by atoms with van der Waals surface area (Å²) < 4.78 is 33.6. The zero-order valence-corrected chi connectivity index (χ0v) is 20.5. The summed E-state index contributed by atoms with van der Waals surface area (Å²) >= 11 is 7.06. The van der Waals surface area contributed by atoms with Crippen LogP contribution in [0.1, 0.15) is 17.2 Å². The van der Waals surface area contributed by atoms with Crippen LogP contribution in [0.4, 0.5) is 4.79 Å². The number of benzene rings is 2. The van der Waals surface area contributed by atoms with Crippen LogP contribution in [0.3, 0.4) is 0 Å². The molecular formula is C20H22Cl2NO7PS. The minimum atomic E-state index is -3.77. The quantitative estimate of drug-likeness (QED) is 0.426. The Balaban J connectivity index is 0.00000363. The molecule has 1 fully saturated rings. The molecule has 0 radical (unpaired) electrons. The molecule has 0 spiro atoms. The number of rotatable bonds is 10. The molecule has 2 aromatic carbocycles. The van der Waals surface area contributed by atoms with Gasteiger partial charge in [-0.15, -0.1) is 12.4 Å². The Bertz CT molecular complexity index is 984. The van der Waals surface area contributed by atoms with Crippen LogP contribution >= 0.6 is 43.6 Å². The summed E-state index contributed by atoms with van der Waals surface area (Å²) in [5, 5.41) is 2.00. The fourth-order valence-electron chi connectivity index (χ4n) is 2.85. The van der Waals surface area contributed by atoms with Crippen LogP contribution < -0.4 is 10.1 Å². The second-order valence-electron chi connectivity index (χ2n) is 6.50. The topological polar surface area (TPSA) is 100 Å². The number of carbonyl (C=O) groups excluding carboxylic acids is 2. The Labute approximate surface area is 201 Å². The number of ether oxygens (including phenoxy) is 1. The third-order valence-electron chi connectivity index (χ3n) is 4.44. The highest BCUT2D eigenvalue weighted by atomic mass is 35.5. The number of imide groups is 1. The maximum Gasteiger partial charge on any atom is 0.474 e. The predicted octanol–water partition coefficient (Wildman–Crippen LogP) is 5.19. The van der Waals surface area contributed by atoms with Crippen molar-refractivity contribution in [2.75, 3.05) is 20.8 Å². The molecule has 1 saturated heterocycles. The highest BCUT2D eigenvalue weighted by molar-refractivity contribution is 8.15. The third-order valence-corrected chi connectivity index (χ3v) is 7.06. The molecule has 1 heterocycles. The van der Waals surface area contributed by atoms with Gasteiger partial charge in [0.1, 0.15) is 18.5 Å². The SMILES string of the molecule is COP(=O)(OC)OC(COc1ccc(CC2SC(=O)NC2=O)cc1)c1cccc(Cl)c1.Cl. The molecule has 8 nitrogen and oxygen atoms in total. The molecule has 1 aliphatic heterocycles. The van der Waals surface area contributed by atoms with Gasteiger partial charge in [-0.25, -0.2) is 4.57 Å². The molecule has 0 aliphatic carbocycles. The number of thioether (sulfide) groups is 1. The highest BCUT2D eigenvalue weighted by Crippen LogP contribution is 2.51. The van der Waals surface area contributed by atoms with Crippen molar-refractivity contribution in [1.82, 2.24) is 5.32 Å². The highest BCUT2D eigenvalue weighted by Gasteiger charge is 2.32. The molecule has 1 aliphatic rings. The van der Waals surface area contributed by atoms with Gasteiger partial charge in [0.25, 0.3) is 5.24 Å². The largest absolute Gasteiger partial charge is 0.491 e. The van der Waals surface area contributed by atoms with Crippen molar-refractivity contribution in [2.24, 2.45) is 0 Å². The summed E-state index contributed by atoms with van der Waals surface area (Å²) in [7, 11) is -1.30. The molecule has 0 bridgehead atoms. The van der Waals surface area contributed by atoms with Gasteiger partial charge in [-0.3, -0.25) is 28.5 Å². The molecule has 12 heteroatoms. The molecule has 3 rings (SSSR count). The number of amides is 2. The molecule has 2 amide bonds. The van der Waals surface area contributed by atoms with Gasteiger partial charge in [-0.2, -0.15) is 0 Å². The van der Waals surface area contributed by atoms with Gasteiger partial charge in [-0.1, -0.05) is 47.6 Å². The standard InChI is InChI=1S/C20H21ClNO7PS.ClH/c1-26-30(25,27-2)29-17(14-4-3-5-15(21)11-14)12-28-16-8-6-13(7-9-16)10-18-19(23)22-20(24)31-18;/h3-9,11,17-18H,10,12H2,1-2H3,(H,22,23,24);1H. The number of carbonyl (C=O) groups is 2. The Morgan fingerprint density at radius 3 is 2.38 bits per heavy atom. The van der Waals surface area contributed by atoms with Crippen LogP contribution in [-0.2, 0) is 29.4 Å². The van der Waals surface area contributed by atoms with E-state index in [4.69, 9.17) is 29.9 Å². The van der Waals surface area contributed by atoms with Gasteiger partial charge < -0.3 is 4.74 Å². The maximum atomic E-state index is 12.5. The average Bonchev–Trinajstić information content (AvgIpc) is 3.08. The lowest BCUT2D eigenvalue weighted by molar-refractivity contribution is -0.118. The van der Waals surface area contributed by atoms with Crippen LogP contribution in [-0.4, -0.2) is 37.2 Å². The molecule has 32 heavy (non-hydrogen) atoms. The molecule has 1 N–H and O–H groups in total. The van der Waals surface area contributed by atoms with E-state index in [0.717, 1.165) is 17.3 Å². The number of phosphoric ester groups is 1. The predicted molar refractivity (Wildman–Crippen MR) is 125 cm³/mol. The van der Waals surface area contributed by atoms with Crippen LogP contribution in [0.2, 0.25) is 5.02 Å². The smallest absolute Gasteiger partial charge is 0.474 e. The van der Waals surface area contributed by atoms with Crippen molar-refractivity contribution < 1.29 is 32.5 Å². The molecule has 0 aromatic heterocycles. The summed E-state index contributed by atoms with van der Waals surface area (Å²) in [6, 6.07) is 14.0. The first-order valence-corrected chi connectivity index (χ1v) is 11.9. The van der Waals surface area contributed by atoms with Gasteiger partial charge in [0.2, 0.25) is 5.91 Å². The number of halogens is 2. The summed E-state index contributed by atoms with van der Waals surface area (Å²) in [6.07, 6.45) is -0.338. The van der Waals surface area contributed by atoms with Crippen molar-refractivity contribution in [2.45, 2.75) is 17.8 Å². The zero-order chi connectivity index (χ0) is 22.4. The maximum absolute atomic E-state index is 12.5. The Morgan fingerprint density at radius 1 is 1.12 bits per heavy atom. The average molecular weight is 522 g/mol. The molecule has 174 valence electrons. The zero-order valence-electron chi connectivity index (χ0n) is 17.2. The minimum absolute atomic E-state index is 0. The molecule has 2 unspecified atom stereocenters. The Kier molecular flexibility index (Phi) is 10.0. The van der Waals surface area contributed by atoms with Crippen molar-refractivity contribution in [3.63, 3.8) is 0 Å². The van der Waals surface area contributed by atoms with E-state index in [1.54, 1.807) is 36.4 Å². The van der Waals surface area contributed by atoms with Crippen LogP contribution in [0, 0.1) is 0 Å². The van der Waals surface area contributed by atoms with Crippen molar-refractivity contribution in [3.8, 4) is 5.75 Å². The Morgan fingerprint density at radius 2 is 1.81 bits per heavy atom. The van der Waals surface area contributed by atoms with E-state index < -0.39 is 19.2 Å². The van der Waals surface area contributed by atoms with E-state index in [9.17, 15) is 14.2 Å². The first kappa shape index (κ1) is 26.7. The van der Waals surface area contributed by atoms with Gasteiger partial charge in [0.15, 0.2) is 0 Å². The number of nitrogens with one attached hydrogen (secondary N) is 1. The number of hydrogen-bond donors (Lipinski definition) is 1. The lowest BCUT2D eigenvalue weighted by atomic mass is 10.1. The van der Waals surface area contributed by atoms with Gasteiger partial charge in [0, 0.05) is 19.2 Å². The van der Waals surface area contributed by atoms with Gasteiger partial charge >= 0.3 is 7.82 Å². The van der Waals surface area contributed by atoms with Crippen molar-refractivity contribution >= 4 is 54.7 Å². The van der Waals surface area contributed by atoms with E-state index in [1.165, 1.54) is 14.2 Å². The van der Waals surface area contributed by atoms with E-state index in [0.29, 0.717) is 22.8 Å². The fraction of sp³-hybridized carbons (Fsp3) is 0.300. The summed E-state index contributed by atoms with van der Waals surface area (Å²) in [5.74, 6) is 0.265. The second-order valence-corrected chi connectivity index (χ2v) is 9.95. The summed E-state index contributed by atoms with van der Waals surface area (Å²) in [6.45, 7) is 0.0196. The molecular weight excluding hydrogens is 500 g/mol. The van der Waals surface area contributed by atoms with Gasteiger partial charge in [-0.05, 0) is 41.8 Å².